The Kier molecular flexibility index (Phi) is 5.69. The second-order valence-corrected chi connectivity index (χ2v) is 5.18. The topological polar surface area (TPSA) is 37.9 Å². The van der Waals surface area contributed by atoms with Crippen LogP contribution in [0.2, 0.25) is 0 Å². The summed E-state index contributed by atoms with van der Waals surface area (Å²) in [5, 5.41) is 7.39. The number of aromatic amines is 1. The maximum absolute atomic E-state index is 4.93. The fraction of sp³-hybridized carbons (Fsp3) is 0. The molecule has 0 bridgehead atoms. The molecule has 0 spiro atoms. The Hall–Kier alpha value is -1.02. The van der Waals surface area contributed by atoms with Crippen LogP contribution in [0.1, 0.15) is 0 Å². The predicted molar refractivity (Wildman–Crippen MR) is 82.0 cm³/mol. The van der Waals surface area contributed by atoms with Gasteiger partial charge in [-0.2, -0.15) is 24.3 Å². The van der Waals surface area contributed by atoms with Crippen molar-refractivity contribution in [1.29, 1.82) is 0 Å². The Bertz CT molecular complexity index is 742. The van der Waals surface area contributed by atoms with Gasteiger partial charge in [-0.05, 0) is 23.9 Å². The van der Waals surface area contributed by atoms with E-state index in [-0.39, 0.29) is 31.1 Å². The van der Waals surface area contributed by atoms with E-state index in [1.807, 2.05) is 42.5 Å². The quantitative estimate of drug-likeness (QED) is 0.477. The van der Waals surface area contributed by atoms with Crippen LogP contribution in [0.3, 0.4) is 0 Å². The Morgan fingerprint density at radius 2 is 2.00 bits per heavy atom. The number of hydrogen-bond donors (Lipinski definition) is 1. The summed E-state index contributed by atoms with van der Waals surface area (Å²) >= 11 is 3.47. The first-order valence-corrected chi connectivity index (χ1v) is 6.81. The van der Waals surface area contributed by atoms with E-state index in [0.29, 0.717) is 5.75 Å². The van der Waals surface area contributed by atoms with Gasteiger partial charge in [-0.1, -0.05) is 28.1 Å². The summed E-state index contributed by atoms with van der Waals surface area (Å²) in [4.78, 5) is 0. The van der Waals surface area contributed by atoms with E-state index in [9.17, 15) is 0 Å². The summed E-state index contributed by atoms with van der Waals surface area (Å²) in [6, 6.07) is 18.6. The van der Waals surface area contributed by atoms with Gasteiger partial charge in [0.2, 0.25) is 0 Å². The van der Waals surface area contributed by atoms with Crippen LogP contribution in [0.15, 0.2) is 53.0 Å². The maximum atomic E-state index is 4.93. The minimum absolute atomic E-state index is 0. The molecule has 0 aliphatic rings. The minimum atomic E-state index is 0. The van der Waals surface area contributed by atoms with Crippen LogP contribution in [0.4, 0.5) is 0 Å². The van der Waals surface area contributed by atoms with Crippen molar-refractivity contribution in [2.75, 3.05) is 0 Å². The number of rotatable bonds is 3. The molecule has 5 heteroatoms. The molecular weight excluding hydrogens is 554 g/mol. The van der Waals surface area contributed by atoms with Crippen molar-refractivity contribution in [1.82, 2.24) is 10.2 Å². The Balaban J connectivity index is 0.00000161. The Labute approximate surface area is 155 Å². The molecule has 0 atom stereocenters. The molecule has 0 fully saturated rings. The van der Waals surface area contributed by atoms with E-state index in [1.54, 1.807) is 6.07 Å². The number of nitrogens with one attached hydrogen (secondary N) is 1. The number of nitrogens with zero attached hydrogens (tertiary/aromatic N) is 1. The number of hydrogen-bond acceptors (Lipinski definition) is 2. The number of halogens is 1. The molecule has 0 radical (unpaired) electrons. The second kappa shape index (κ2) is 7.31. The molecule has 102 valence electrons. The van der Waals surface area contributed by atoms with Crippen LogP contribution >= 0.6 is 15.9 Å². The molecule has 0 amide bonds. The molecule has 21 heavy (non-hydrogen) atoms. The van der Waals surface area contributed by atoms with Gasteiger partial charge in [-0.15, -0.1) is 17.7 Å². The molecule has 1 N–H and O–H groups in total. The summed E-state index contributed by atoms with van der Waals surface area (Å²) in [5.74, 6) is 0.592. The van der Waals surface area contributed by atoms with Gasteiger partial charge in [0.05, 0.1) is 11.4 Å². The smallest absolute Gasteiger partial charge is 0.683 e. The van der Waals surface area contributed by atoms with Crippen LogP contribution in [-0.2, 0) is 0 Å². The summed E-state index contributed by atoms with van der Waals surface area (Å²) < 4.78 is 5.97. The zero-order valence-electron chi connectivity index (χ0n) is 11.1. The third-order valence-electron chi connectivity index (χ3n) is 2.94. The summed E-state index contributed by atoms with van der Waals surface area (Å²) in [5.41, 5.74) is 3.85. The predicted octanol–water partition coefficient (Wildman–Crippen LogP) is 4.48. The summed E-state index contributed by atoms with van der Waals surface area (Å²) in [6.45, 7) is 0. The number of ether oxygens (including phenoxy) is 1. The molecule has 1 heterocycles. The van der Waals surface area contributed by atoms with Crippen LogP contribution in [0.25, 0.3) is 22.5 Å². The van der Waals surface area contributed by atoms with Gasteiger partial charge in [0.1, 0.15) is 0 Å². The van der Waals surface area contributed by atoms with Crippen molar-refractivity contribution in [3.63, 3.8) is 0 Å². The zero-order chi connectivity index (χ0) is 13.9. The average Bonchev–Trinajstić information content (AvgIpc) is 2.97. The molecule has 0 unspecified atom stereocenters. The maximum Gasteiger partial charge on any atom is 2.00 e. The first-order chi connectivity index (χ1) is 9.76. The molecule has 0 aliphatic carbocycles. The first kappa shape index (κ1) is 16.4. The second-order valence-electron chi connectivity index (χ2n) is 4.26. The normalized spacial score (nSPS) is 10.0. The van der Waals surface area contributed by atoms with Crippen molar-refractivity contribution in [2.24, 2.45) is 0 Å². The van der Waals surface area contributed by atoms with Crippen molar-refractivity contribution in [3.05, 3.63) is 66.2 Å². The van der Waals surface area contributed by atoms with Crippen molar-refractivity contribution in [3.8, 4) is 28.3 Å². The molecule has 1 aromatic heterocycles. The van der Waals surface area contributed by atoms with Crippen molar-refractivity contribution < 1.29 is 35.9 Å². The first-order valence-electron chi connectivity index (χ1n) is 6.02. The van der Waals surface area contributed by atoms with E-state index >= 15 is 0 Å². The average molecular weight is 565 g/mol. The fourth-order valence-corrected chi connectivity index (χ4v) is 2.36. The zero-order valence-corrected chi connectivity index (χ0v) is 16.8. The van der Waals surface area contributed by atoms with Gasteiger partial charge in [0, 0.05) is 10.0 Å². The molecule has 3 aromatic rings. The van der Waals surface area contributed by atoms with Crippen LogP contribution < -0.4 is 4.74 Å². The minimum Gasteiger partial charge on any atom is -0.683 e. The van der Waals surface area contributed by atoms with Gasteiger partial charge in [0.25, 0.3) is 0 Å². The monoisotopic (exact) mass is 564 g/mol. The molecule has 2 aromatic carbocycles. The summed E-state index contributed by atoms with van der Waals surface area (Å²) in [6.07, 6.45) is 0. The van der Waals surface area contributed by atoms with E-state index < -0.39 is 0 Å². The van der Waals surface area contributed by atoms with Gasteiger partial charge >= 0.3 is 31.1 Å². The molecule has 0 aliphatic heterocycles. The van der Waals surface area contributed by atoms with E-state index in [4.69, 9.17) is 4.74 Å². The standard InChI is InChI=1S/C16H11BrN2O.U/c1-20-14-7-3-5-12(9-14)16-10-15(18-19-16)11-4-2-6-13(17)8-11;/h2-6,8-10H,1H2,(H,18,19);/q-2;+2. The largest absolute Gasteiger partial charge is 2.00 e. The van der Waals surface area contributed by atoms with Gasteiger partial charge in [-0.3, -0.25) is 5.10 Å². The van der Waals surface area contributed by atoms with E-state index in [0.717, 1.165) is 27.0 Å². The van der Waals surface area contributed by atoms with Crippen LogP contribution in [0, 0.1) is 44.3 Å². The SMILES string of the molecule is [CH2-]Oc1[c-]ccc(-c2cc(-c3cccc(Br)c3)[nH]n2)c1.[U+2]. The van der Waals surface area contributed by atoms with Crippen LogP contribution in [0.5, 0.6) is 5.75 Å². The molecule has 0 saturated heterocycles. The fourth-order valence-electron chi connectivity index (χ4n) is 1.96. The van der Waals surface area contributed by atoms with Gasteiger partial charge in [0.15, 0.2) is 0 Å². The van der Waals surface area contributed by atoms with Gasteiger partial charge < -0.3 is 4.74 Å². The molecule has 3 nitrogen and oxygen atoms in total. The summed E-state index contributed by atoms with van der Waals surface area (Å²) in [7, 11) is 3.39. The van der Waals surface area contributed by atoms with Crippen LogP contribution in [-0.4, -0.2) is 10.2 Å². The molecule has 3 rings (SSSR count). The molecular formula is C16H11BrN2OU. The van der Waals surface area contributed by atoms with E-state index in [2.05, 4.69) is 39.3 Å². The third-order valence-corrected chi connectivity index (χ3v) is 3.43. The number of aromatic nitrogens is 2. The number of benzene rings is 2. The molecule has 0 saturated carbocycles. The Morgan fingerprint density at radius 1 is 1.14 bits per heavy atom. The Morgan fingerprint density at radius 3 is 2.76 bits per heavy atom. The van der Waals surface area contributed by atoms with Crippen molar-refractivity contribution in [2.45, 2.75) is 0 Å². The van der Waals surface area contributed by atoms with Gasteiger partial charge in [-0.25, -0.2) is 0 Å². The van der Waals surface area contributed by atoms with Crippen molar-refractivity contribution >= 4 is 15.9 Å². The number of H-pyrrole nitrogens is 1. The third kappa shape index (κ3) is 3.79. The van der Waals surface area contributed by atoms with E-state index in [1.165, 1.54) is 0 Å².